The molecule has 0 saturated carbocycles. The second-order valence-corrected chi connectivity index (χ2v) is 2.01. The van der Waals surface area contributed by atoms with Crippen molar-refractivity contribution >= 4 is 0 Å². The number of nitrogens with two attached hydrogens (primary N) is 1. The van der Waals surface area contributed by atoms with Gasteiger partial charge in [-0.1, -0.05) is 18.6 Å². The fourth-order valence-corrected chi connectivity index (χ4v) is 0.789. The molecule has 0 spiro atoms. The zero-order valence-corrected chi connectivity index (χ0v) is 5.94. The SMILES string of the molecule is C/C=C(/CC)C(C)N. The van der Waals surface area contributed by atoms with E-state index in [0.29, 0.717) is 0 Å². The van der Waals surface area contributed by atoms with Crippen molar-refractivity contribution in [3.05, 3.63) is 11.6 Å². The topological polar surface area (TPSA) is 26.0 Å². The van der Waals surface area contributed by atoms with Crippen LogP contribution in [0.2, 0.25) is 0 Å². The van der Waals surface area contributed by atoms with E-state index in [1.165, 1.54) is 5.57 Å². The normalized spacial score (nSPS) is 16.2. The highest BCUT2D eigenvalue weighted by Gasteiger charge is 1.95. The summed E-state index contributed by atoms with van der Waals surface area (Å²) in [5.74, 6) is 0. The molecule has 8 heavy (non-hydrogen) atoms. The summed E-state index contributed by atoms with van der Waals surface area (Å²) >= 11 is 0. The smallest absolute Gasteiger partial charge is 0.0224 e. The molecule has 0 aliphatic heterocycles. The van der Waals surface area contributed by atoms with Crippen LogP contribution in [0, 0.1) is 0 Å². The summed E-state index contributed by atoms with van der Waals surface area (Å²) in [6.45, 7) is 6.17. The molecule has 0 aromatic heterocycles. The third-order valence-electron chi connectivity index (χ3n) is 1.36. The lowest BCUT2D eigenvalue weighted by molar-refractivity contribution is 0.811. The van der Waals surface area contributed by atoms with Gasteiger partial charge in [0.15, 0.2) is 0 Å². The highest BCUT2D eigenvalue weighted by Crippen LogP contribution is 2.02. The minimum Gasteiger partial charge on any atom is -0.324 e. The highest BCUT2D eigenvalue weighted by atomic mass is 14.6. The Morgan fingerprint density at radius 3 is 2.25 bits per heavy atom. The van der Waals surface area contributed by atoms with Gasteiger partial charge in [-0.2, -0.15) is 0 Å². The van der Waals surface area contributed by atoms with Crippen LogP contribution in [0.5, 0.6) is 0 Å². The summed E-state index contributed by atoms with van der Waals surface area (Å²) in [4.78, 5) is 0. The van der Waals surface area contributed by atoms with Crippen LogP contribution in [0.3, 0.4) is 0 Å². The fourth-order valence-electron chi connectivity index (χ4n) is 0.789. The maximum Gasteiger partial charge on any atom is 0.0224 e. The van der Waals surface area contributed by atoms with E-state index in [0.717, 1.165) is 6.42 Å². The van der Waals surface area contributed by atoms with E-state index in [1.54, 1.807) is 0 Å². The molecule has 2 N–H and O–H groups in total. The monoisotopic (exact) mass is 113 g/mol. The molecule has 1 atom stereocenters. The maximum absolute atomic E-state index is 5.59. The van der Waals surface area contributed by atoms with Gasteiger partial charge in [0.2, 0.25) is 0 Å². The van der Waals surface area contributed by atoms with Crippen molar-refractivity contribution in [2.45, 2.75) is 33.2 Å². The summed E-state index contributed by atoms with van der Waals surface area (Å²) < 4.78 is 0. The second-order valence-electron chi connectivity index (χ2n) is 2.01. The van der Waals surface area contributed by atoms with E-state index < -0.39 is 0 Å². The van der Waals surface area contributed by atoms with Gasteiger partial charge >= 0.3 is 0 Å². The van der Waals surface area contributed by atoms with Gasteiger partial charge < -0.3 is 5.73 Å². The van der Waals surface area contributed by atoms with Crippen molar-refractivity contribution in [2.75, 3.05) is 0 Å². The summed E-state index contributed by atoms with van der Waals surface area (Å²) in [5.41, 5.74) is 6.93. The zero-order chi connectivity index (χ0) is 6.57. The van der Waals surface area contributed by atoms with Gasteiger partial charge in [-0.3, -0.25) is 0 Å². The third-order valence-corrected chi connectivity index (χ3v) is 1.36. The van der Waals surface area contributed by atoms with Gasteiger partial charge in [0.1, 0.15) is 0 Å². The predicted octanol–water partition coefficient (Wildman–Crippen LogP) is 1.69. The van der Waals surface area contributed by atoms with Crippen LogP contribution in [0.4, 0.5) is 0 Å². The minimum absolute atomic E-state index is 0.241. The first-order valence-electron chi connectivity index (χ1n) is 3.13. The van der Waals surface area contributed by atoms with Crippen LogP contribution in [0.15, 0.2) is 11.6 Å². The molecule has 0 aromatic rings. The molecule has 48 valence electrons. The van der Waals surface area contributed by atoms with Crippen LogP contribution in [0.1, 0.15) is 27.2 Å². The molecule has 0 aromatic carbocycles. The summed E-state index contributed by atoms with van der Waals surface area (Å²) in [6.07, 6.45) is 3.17. The number of hydrogen-bond acceptors (Lipinski definition) is 1. The number of rotatable bonds is 2. The average Bonchev–Trinajstić information content (AvgIpc) is 1.69. The minimum atomic E-state index is 0.241. The molecule has 1 heteroatoms. The van der Waals surface area contributed by atoms with Gasteiger partial charge in [0.25, 0.3) is 0 Å². The van der Waals surface area contributed by atoms with E-state index >= 15 is 0 Å². The molecule has 0 aliphatic carbocycles. The number of allylic oxidation sites excluding steroid dienone is 1. The Hall–Kier alpha value is -0.300. The van der Waals surface area contributed by atoms with E-state index in [4.69, 9.17) is 5.73 Å². The molecule has 0 rings (SSSR count). The van der Waals surface area contributed by atoms with Crippen molar-refractivity contribution in [1.29, 1.82) is 0 Å². The first-order chi connectivity index (χ1) is 3.72. The predicted molar refractivity (Wildman–Crippen MR) is 37.7 cm³/mol. The molecule has 0 fully saturated rings. The fraction of sp³-hybridized carbons (Fsp3) is 0.714. The van der Waals surface area contributed by atoms with Crippen LogP contribution < -0.4 is 5.73 Å². The average molecular weight is 113 g/mol. The molecule has 0 bridgehead atoms. The molecule has 1 unspecified atom stereocenters. The van der Waals surface area contributed by atoms with Gasteiger partial charge in [0.05, 0.1) is 0 Å². The summed E-state index contributed by atoms with van der Waals surface area (Å²) in [6, 6.07) is 0.241. The van der Waals surface area contributed by atoms with Crippen LogP contribution in [-0.4, -0.2) is 6.04 Å². The molecule has 0 amide bonds. The quantitative estimate of drug-likeness (QED) is 0.542. The maximum atomic E-state index is 5.59. The Morgan fingerprint density at radius 1 is 1.75 bits per heavy atom. The van der Waals surface area contributed by atoms with Crippen molar-refractivity contribution in [3.63, 3.8) is 0 Å². The molecule has 0 radical (unpaired) electrons. The van der Waals surface area contributed by atoms with Gasteiger partial charge in [-0.05, 0) is 20.3 Å². The lowest BCUT2D eigenvalue weighted by Gasteiger charge is -2.05. The lowest BCUT2D eigenvalue weighted by Crippen LogP contribution is -2.17. The summed E-state index contributed by atoms with van der Waals surface area (Å²) in [5, 5.41) is 0. The zero-order valence-electron chi connectivity index (χ0n) is 5.94. The molecule has 1 nitrogen and oxygen atoms in total. The first kappa shape index (κ1) is 7.70. The third kappa shape index (κ3) is 2.12. The van der Waals surface area contributed by atoms with E-state index in [-0.39, 0.29) is 6.04 Å². The van der Waals surface area contributed by atoms with E-state index in [2.05, 4.69) is 13.0 Å². The Labute approximate surface area is 51.6 Å². The van der Waals surface area contributed by atoms with Crippen molar-refractivity contribution in [3.8, 4) is 0 Å². The van der Waals surface area contributed by atoms with Crippen molar-refractivity contribution < 1.29 is 0 Å². The summed E-state index contributed by atoms with van der Waals surface area (Å²) in [7, 11) is 0. The molecular formula is C7H15N. The Bertz CT molecular complexity index is 82.4. The Morgan fingerprint density at radius 2 is 2.25 bits per heavy atom. The molecular weight excluding hydrogens is 98.1 g/mol. The molecule has 0 heterocycles. The largest absolute Gasteiger partial charge is 0.324 e. The van der Waals surface area contributed by atoms with E-state index in [9.17, 15) is 0 Å². The lowest BCUT2D eigenvalue weighted by atomic mass is 10.1. The Balaban J connectivity index is 3.72. The van der Waals surface area contributed by atoms with Gasteiger partial charge in [-0.15, -0.1) is 0 Å². The second kappa shape index (κ2) is 3.67. The van der Waals surface area contributed by atoms with Crippen molar-refractivity contribution in [2.24, 2.45) is 5.73 Å². The van der Waals surface area contributed by atoms with Gasteiger partial charge in [0, 0.05) is 6.04 Å². The van der Waals surface area contributed by atoms with Crippen LogP contribution >= 0.6 is 0 Å². The van der Waals surface area contributed by atoms with Crippen LogP contribution in [-0.2, 0) is 0 Å². The van der Waals surface area contributed by atoms with Crippen LogP contribution in [0.25, 0.3) is 0 Å². The Kier molecular flexibility index (Phi) is 3.53. The molecule has 0 saturated heterocycles. The number of hydrogen-bond donors (Lipinski definition) is 1. The van der Waals surface area contributed by atoms with E-state index in [1.807, 2.05) is 13.8 Å². The van der Waals surface area contributed by atoms with Crippen molar-refractivity contribution in [1.82, 2.24) is 0 Å². The first-order valence-corrected chi connectivity index (χ1v) is 3.13. The highest BCUT2D eigenvalue weighted by molar-refractivity contribution is 5.05. The molecule has 0 aliphatic rings. The van der Waals surface area contributed by atoms with Gasteiger partial charge in [-0.25, -0.2) is 0 Å². The standard InChI is InChI=1S/C7H15N/c1-4-7(5-2)6(3)8/h4,6H,5,8H2,1-3H3/b7-4-.